The number of hydrogen-bond donors (Lipinski definition) is 0. The van der Waals surface area contributed by atoms with Crippen molar-refractivity contribution in [1.82, 2.24) is 4.57 Å². The molecule has 8 nitrogen and oxygen atoms in total. The highest BCUT2D eigenvalue weighted by molar-refractivity contribution is 7.92. The zero-order chi connectivity index (χ0) is 25.9. The molecule has 1 heterocycles. The molecule has 4 rings (SSSR count). The van der Waals surface area contributed by atoms with Crippen LogP contribution in [0, 0.1) is 0 Å². The Morgan fingerprint density at radius 3 is 2.28 bits per heavy atom. The lowest BCUT2D eigenvalue weighted by molar-refractivity contribution is 0.0526. The molecular weight excluding hydrogens is 498 g/mol. The van der Waals surface area contributed by atoms with Gasteiger partial charge in [0.2, 0.25) is 0 Å². The molecule has 4 aromatic rings. The molecule has 0 unspecified atom stereocenters. The molecule has 3 aromatic carbocycles. The Balaban J connectivity index is 1.64. The van der Waals surface area contributed by atoms with Crippen molar-refractivity contribution < 1.29 is 22.7 Å². The van der Waals surface area contributed by atoms with Gasteiger partial charge in [-0.15, -0.1) is 0 Å². The molecule has 0 N–H and O–H groups in total. The first kappa shape index (κ1) is 25.3. The third-order valence-electron chi connectivity index (χ3n) is 5.59. The number of esters is 1. The highest BCUT2D eigenvalue weighted by Gasteiger charge is 2.21. The summed E-state index contributed by atoms with van der Waals surface area (Å²) in [6.07, 6.45) is 0. The Hall–Kier alpha value is -3.76. The summed E-state index contributed by atoms with van der Waals surface area (Å²) < 4.78 is 34.9. The Morgan fingerprint density at radius 2 is 1.64 bits per heavy atom. The van der Waals surface area contributed by atoms with Crippen LogP contribution >= 0.6 is 11.3 Å². The first-order chi connectivity index (χ1) is 17.3. The number of fused-ring (bicyclic) bond motifs is 1. The SMILES string of the molecule is CCOC(=O)c1ccc2c(c1)sc(=NC(=O)c1ccc(S(=O)(=O)N(C)c3ccccc3)cc1)n2CC. The Morgan fingerprint density at radius 1 is 0.972 bits per heavy atom. The van der Waals surface area contributed by atoms with Crippen molar-refractivity contribution in [2.24, 2.45) is 4.99 Å². The van der Waals surface area contributed by atoms with Crippen molar-refractivity contribution >= 4 is 49.1 Å². The summed E-state index contributed by atoms with van der Waals surface area (Å²) in [4.78, 5) is 29.9. The number of carbonyl (C=O) groups excluding carboxylic acids is 2. The summed E-state index contributed by atoms with van der Waals surface area (Å²) in [5.41, 5.74) is 2.09. The predicted molar refractivity (Wildman–Crippen MR) is 140 cm³/mol. The number of benzene rings is 3. The van der Waals surface area contributed by atoms with Gasteiger partial charge in [0.15, 0.2) is 4.80 Å². The minimum Gasteiger partial charge on any atom is -0.462 e. The lowest BCUT2D eigenvalue weighted by Gasteiger charge is -2.19. The number of sulfonamides is 1. The maximum atomic E-state index is 13.0. The van der Waals surface area contributed by atoms with Gasteiger partial charge in [0.05, 0.1) is 33.0 Å². The summed E-state index contributed by atoms with van der Waals surface area (Å²) >= 11 is 1.30. The number of para-hydroxylation sites is 1. The standard InChI is InChI=1S/C26H25N3O5S2/c1-4-29-22-16-13-19(25(31)34-5-2)17-23(22)35-26(29)27-24(30)18-11-14-21(15-12-18)36(32,33)28(3)20-9-7-6-8-10-20/h6-17H,4-5H2,1-3H3. The molecule has 10 heteroatoms. The molecule has 0 radical (unpaired) electrons. The van der Waals surface area contributed by atoms with E-state index < -0.39 is 21.9 Å². The summed E-state index contributed by atoms with van der Waals surface area (Å²) in [5, 5.41) is 0. The van der Waals surface area contributed by atoms with Gasteiger partial charge >= 0.3 is 5.97 Å². The van der Waals surface area contributed by atoms with E-state index >= 15 is 0 Å². The average Bonchev–Trinajstić information content (AvgIpc) is 3.24. The minimum atomic E-state index is -3.79. The van der Waals surface area contributed by atoms with E-state index in [1.807, 2.05) is 23.6 Å². The van der Waals surface area contributed by atoms with Gasteiger partial charge in [-0.3, -0.25) is 9.10 Å². The van der Waals surface area contributed by atoms with E-state index in [4.69, 9.17) is 4.74 Å². The largest absolute Gasteiger partial charge is 0.462 e. The predicted octanol–water partition coefficient (Wildman–Crippen LogP) is 4.47. The number of nitrogens with zero attached hydrogens (tertiary/aromatic N) is 3. The summed E-state index contributed by atoms with van der Waals surface area (Å²) in [6, 6.07) is 19.7. The van der Waals surface area contributed by atoms with Crippen LogP contribution in [-0.4, -0.2) is 38.5 Å². The molecule has 0 aliphatic carbocycles. The molecular formula is C26H25N3O5S2. The van der Waals surface area contributed by atoms with Gasteiger partial charge in [-0.2, -0.15) is 4.99 Å². The Kier molecular flexibility index (Phi) is 7.37. The maximum Gasteiger partial charge on any atom is 0.338 e. The van der Waals surface area contributed by atoms with Crippen LogP contribution in [0.3, 0.4) is 0 Å². The van der Waals surface area contributed by atoms with E-state index in [1.165, 1.54) is 47.0 Å². The highest BCUT2D eigenvalue weighted by Crippen LogP contribution is 2.23. The molecule has 0 saturated carbocycles. The van der Waals surface area contributed by atoms with Gasteiger partial charge in [-0.1, -0.05) is 29.5 Å². The lowest BCUT2D eigenvalue weighted by atomic mass is 10.2. The average molecular weight is 524 g/mol. The first-order valence-electron chi connectivity index (χ1n) is 11.3. The number of aromatic nitrogens is 1. The molecule has 1 amide bonds. The van der Waals surface area contributed by atoms with E-state index in [0.717, 1.165) is 10.2 Å². The van der Waals surface area contributed by atoms with E-state index in [0.29, 0.717) is 22.6 Å². The van der Waals surface area contributed by atoms with Crippen molar-refractivity contribution in [2.75, 3.05) is 18.0 Å². The number of ether oxygens (including phenoxy) is 1. The fourth-order valence-corrected chi connectivity index (χ4v) is 5.99. The van der Waals surface area contributed by atoms with E-state index in [9.17, 15) is 18.0 Å². The van der Waals surface area contributed by atoms with Gasteiger partial charge < -0.3 is 9.30 Å². The van der Waals surface area contributed by atoms with Crippen molar-refractivity contribution in [3.63, 3.8) is 0 Å². The smallest absolute Gasteiger partial charge is 0.338 e. The van der Waals surface area contributed by atoms with E-state index in [1.54, 1.807) is 43.3 Å². The van der Waals surface area contributed by atoms with Gasteiger partial charge in [-0.05, 0) is 68.4 Å². The fourth-order valence-electron chi connectivity index (χ4n) is 3.66. The van der Waals surface area contributed by atoms with E-state index in [-0.39, 0.29) is 17.1 Å². The first-order valence-corrected chi connectivity index (χ1v) is 13.6. The molecule has 0 atom stereocenters. The normalized spacial score (nSPS) is 12.0. The second kappa shape index (κ2) is 10.5. The van der Waals surface area contributed by atoms with Crippen LogP contribution in [-0.2, 0) is 21.3 Å². The number of rotatable bonds is 7. The molecule has 0 bridgehead atoms. The molecule has 0 aliphatic heterocycles. The van der Waals surface area contributed by atoms with Crippen LogP contribution in [0.4, 0.5) is 5.69 Å². The summed E-state index contributed by atoms with van der Waals surface area (Å²) in [5.74, 6) is -0.895. The zero-order valence-corrected chi connectivity index (χ0v) is 21.7. The van der Waals surface area contributed by atoms with Crippen LogP contribution in [0.1, 0.15) is 34.6 Å². The van der Waals surface area contributed by atoms with Crippen molar-refractivity contribution in [3.8, 4) is 0 Å². The molecule has 0 saturated heterocycles. The van der Waals surface area contributed by atoms with Crippen LogP contribution in [0.15, 0.2) is 82.7 Å². The molecule has 186 valence electrons. The van der Waals surface area contributed by atoms with Gasteiger partial charge in [0.1, 0.15) is 0 Å². The quantitative estimate of drug-likeness (QED) is 0.333. The topological polar surface area (TPSA) is 98.0 Å². The van der Waals surface area contributed by atoms with Gasteiger partial charge in [-0.25, -0.2) is 13.2 Å². The van der Waals surface area contributed by atoms with Crippen molar-refractivity contribution in [1.29, 1.82) is 0 Å². The number of aryl methyl sites for hydroxylation is 1. The molecule has 1 aromatic heterocycles. The third-order valence-corrected chi connectivity index (χ3v) is 8.43. The van der Waals surface area contributed by atoms with Gasteiger partial charge in [0, 0.05) is 19.2 Å². The lowest BCUT2D eigenvalue weighted by Crippen LogP contribution is -2.26. The van der Waals surface area contributed by atoms with Crippen LogP contribution in [0.25, 0.3) is 10.2 Å². The Bertz CT molecular complexity index is 1590. The number of anilines is 1. The fraction of sp³-hybridized carbons (Fsp3) is 0.192. The van der Waals surface area contributed by atoms with Crippen molar-refractivity contribution in [3.05, 3.63) is 88.7 Å². The summed E-state index contributed by atoms with van der Waals surface area (Å²) in [6.45, 7) is 4.55. The number of thiazole rings is 1. The number of carbonyl (C=O) groups is 2. The van der Waals surface area contributed by atoms with Crippen LogP contribution in [0.5, 0.6) is 0 Å². The number of amides is 1. The zero-order valence-electron chi connectivity index (χ0n) is 20.0. The van der Waals surface area contributed by atoms with E-state index in [2.05, 4.69) is 4.99 Å². The minimum absolute atomic E-state index is 0.0717. The monoisotopic (exact) mass is 523 g/mol. The van der Waals surface area contributed by atoms with Gasteiger partial charge in [0.25, 0.3) is 15.9 Å². The van der Waals surface area contributed by atoms with Crippen LogP contribution in [0.2, 0.25) is 0 Å². The number of hydrogen-bond acceptors (Lipinski definition) is 6. The maximum absolute atomic E-state index is 13.0. The van der Waals surface area contributed by atoms with Crippen LogP contribution < -0.4 is 9.11 Å². The third kappa shape index (κ3) is 4.95. The second-order valence-electron chi connectivity index (χ2n) is 7.78. The second-order valence-corrected chi connectivity index (χ2v) is 10.8. The summed E-state index contributed by atoms with van der Waals surface area (Å²) in [7, 11) is -2.30. The van der Waals surface area contributed by atoms with Crippen molar-refractivity contribution in [2.45, 2.75) is 25.3 Å². The highest BCUT2D eigenvalue weighted by atomic mass is 32.2. The Labute approximate surface area is 213 Å². The molecule has 0 spiro atoms. The molecule has 36 heavy (non-hydrogen) atoms. The molecule has 0 aliphatic rings. The molecule has 0 fully saturated rings.